The van der Waals surface area contributed by atoms with Gasteiger partial charge in [-0.05, 0) is 13.3 Å². The van der Waals surface area contributed by atoms with Gasteiger partial charge in [-0.15, -0.1) is 0 Å². The van der Waals surface area contributed by atoms with Crippen molar-refractivity contribution in [2.75, 3.05) is 27.2 Å². The van der Waals surface area contributed by atoms with Gasteiger partial charge >= 0.3 is 0 Å². The van der Waals surface area contributed by atoms with E-state index in [9.17, 15) is 4.79 Å². The molecule has 0 radical (unpaired) electrons. The average molecular weight is 244 g/mol. The molecule has 0 spiro atoms. The minimum atomic E-state index is 0.0746. The number of rotatable bonds is 2. The van der Waals surface area contributed by atoms with Gasteiger partial charge in [-0.3, -0.25) is 4.79 Å². The van der Waals surface area contributed by atoms with Crippen molar-refractivity contribution in [3.05, 3.63) is 47.3 Å². The van der Waals surface area contributed by atoms with Crippen LogP contribution in [0.25, 0.3) is 0 Å². The molecule has 3 nitrogen and oxygen atoms in total. The van der Waals surface area contributed by atoms with Crippen molar-refractivity contribution in [1.82, 2.24) is 9.80 Å². The number of nitrogens with zero attached hydrogens (tertiary/aromatic N) is 2. The third-order valence-corrected chi connectivity index (χ3v) is 3.37. The molecule has 0 unspecified atom stereocenters. The molecule has 0 atom stereocenters. The summed E-state index contributed by atoms with van der Waals surface area (Å²) in [5.74, 6) is 1.08. The first kappa shape index (κ1) is 12.7. The molecule has 1 fully saturated rings. The lowest BCUT2D eigenvalue weighted by atomic mass is 10.1. The van der Waals surface area contributed by atoms with Gasteiger partial charge in [-0.25, -0.2) is 0 Å². The van der Waals surface area contributed by atoms with Gasteiger partial charge < -0.3 is 9.80 Å². The first-order valence-corrected chi connectivity index (χ1v) is 6.33. The van der Waals surface area contributed by atoms with Crippen molar-refractivity contribution in [2.24, 2.45) is 0 Å². The van der Waals surface area contributed by atoms with Crippen LogP contribution in [0.15, 0.2) is 36.2 Å². The molecular formula is C15H20N2O. The smallest absolute Gasteiger partial charge is 0.189 e. The van der Waals surface area contributed by atoms with Gasteiger partial charge in [0.25, 0.3) is 0 Å². The third-order valence-electron chi connectivity index (χ3n) is 3.37. The number of carbonyl (C=O) groups is 1. The molecular weight excluding hydrogens is 224 g/mol. The van der Waals surface area contributed by atoms with Gasteiger partial charge in [0, 0.05) is 38.8 Å². The van der Waals surface area contributed by atoms with Crippen molar-refractivity contribution in [2.45, 2.75) is 13.3 Å². The lowest BCUT2D eigenvalue weighted by Crippen LogP contribution is -2.38. The van der Waals surface area contributed by atoms with E-state index < -0.39 is 0 Å². The van der Waals surface area contributed by atoms with E-state index in [2.05, 4.69) is 9.80 Å². The number of carbonyl (C=O) groups excluding carboxylic acids is 1. The van der Waals surface area contributed by atoms with Crippen LogP contribution in [-0.2, 0) is 0 Å². The maximum Gasteiger partial charge on any atom is 0.189 e. The van der Waals surface area contributed by atoms with Gasteiger partial charge in [0.2, 0.25) is 0 Å². The average Bonchev–Trinajstić information content (AvgIpc) is 2.34. The Hall–Kier alpha value is -1.77. The fourth-order valence-electron chi connectivity index (χ4n) is 2.20. The van der Waals surface area contributed by atoms with Gasteiger partial charge in [0.1, 0.15) is 5.82 Å². The van der Waals surface area contributed by atoms with Gasteiger partial charge in [-0.2, -0.15) is 0 Å². The van der Waals surface area contributed by atoms with Crippen LogP contribution in [0.5, 0.6) is 0 Å². The van der Waals surface area contributed by atoms with E-state index in [1.165, 1.54) is 5.56 Å². The number of hydrogen-bond acceptors (Lipinski definition) is 3. The Morgan fingerprint density at radius 2 is 1.67 bits per heavy atom. The van der Waals surface area contributed by atoms with Crippen LogP contribution in [0.4, 0.5) is 0 Å². The lowest BCUT2D eigenvalue weighted by molar-refractivity contribution is 0.103. The molecule has 18 heavy (non-hydrogen) atoms. The number of hydrogen-bond donors (Lipinski definition) is 0. The van der Waals surface area contributed by atoms with Gasteiger partial charge in [-0.1, -0.05) is 29.8 Å². The largest absolute Gasteiger partial charge is 0.361 e. The number of aryl methyl sites for hydroxylation is 1. The van der Waals surface area contributed by atoms with E-state index in [1.54, 1.807) is 6.08 Å². The highest BCUT2D eigenvalue weighted by atomic mass is 16.1. The quantitative estimate of drug-likeness (QED) is 0.589. The Balaban J connectivity index is 2.21. The molecule has 1 aliphatic heterocycles. The SMILES string of the molecule is Cc1ccc(C(=O)C=C2N(C)CCCN2C)cc1. The minimum Gasteiger partial charge on any atom is -0.361 e. The molecule has 96 valence electrons. The summed E-state index contributed by atoms with van der Waals surface area (Å²) < 4.78 is 0. The molecule has 0 aliphatic carbocycles. The standard InChI is InChI=1S/C15H20N2O/c1-12-5-7-13(8-6-12)14(18)11-15-16(2)9-4-10-17(15)3/h5-8,11H,4,9-10H2,1-3H3. The van der Waals surface area contributed by atoms with Crippen molar-refractivity contribution < 1.29 is 4.79 Å². The van der Waals surface area contributed by atoms with Crippen molar-refractivity contribution >= 4 is 5.78 Å². The van der Waals surface area contributed by atoms with Crippen LogP contribution in [-0.4, -0.2) is 42.8 Å². The maximum absolute atomic E-state index is 12.2. The Morgan fingerprint density at radius 1 is 1.11 bits per heavy atom. The fourth-order valence-corrected chi connectivity index (χ4v) is 2.20. The molecule has 1 aromatic rings. The first-order valence-electron chi connectivity index (χ1n) is 6.33. The van der Waals surface area contributed by atoms with E-state index in [4.69, 9.17) is 0 Å². The first-order chi connectivity index (χ1) is 8.58. The number of allylic oxidation sites excluding steroid dienone is 1. The second-order valence-corrected chi connectivity index (χ2v) is 4.93. The molecule has 1 saturated heterocycles. The predicted molar refractivity (Wildman–Crippen MR) is 73.5 cm³/mol. The van der Waals surface area contributed by atoms with E-state index in [0.29, 0.717) is 0 Å². The highest BCUT2D eigenvalue weighted by molar-refractivity contribution is 6.04. The van der Waals surface area contributed by atoms with E-state index in [-0.39, 0.29) is 5.78 Å². The summed E-state index contributed by atoms with van der Waals surface area (Å²) in [5, 5.41) is 0. The van der Waals surface area contributed by atoms with Gasteiger partial charge in [0.15, 0.2) is 5.78 Å². The zero-order chi connectivity index (χ0) is 13.1. The summed E-state index contributed by atoms with van der Waals surface area (Å²) >= 11 is 0. The number of benzene rings is 1. The topological polar surface area (TPSA) is 23.6 Å². The van der Waals surface area contributed by atoms with Crippen LogP contribution in [0.2, 0.25) is 0 Å². The van der Waals surface area contributed by atoms with Crippen LogP contribution in [0.1, 0.15) is 22.3 Å². The highest BCUT2D eigenvalue weighted by Gasteiger charge is 2.17. The van der Waals surface area contributed by atoms with E-state index in [1.807, 2.05) is 45.3 Å². The zero-order valence-corrected chi connectivity index (χ0v) is 11.3. The van der Waals surface area contributed by atoms with Crippen LogP contribution in [0.3, 0.4) is 0 Å². The third kappa shape index (κ3) is 2.73. The molecule has 1 aliphatic rings. The molecule has 0 N–H and O–H groups in total. The predicted octanol–water partition coefficient (Wildman–Crippen LogP) is 2.29. The molecule has 1 heterocycles. The molecule has 1 aromatic carbocycles. The second kappa shape index (κ2) is 5.25. The summed E-state index contributed by atoms with van der Waals surface area (Å²) in [6, 6.07) is 7.72. The molecule has 2 rings (SSSR count). The van der Waals surface area contributed by atoms with Crippen molar-refractivity contribution in [3.63, 3.8) is 0 Å². The van der Waals surface area contributed by atoms with Crippen LogP contribution < -0.4 is 0 Å². The Bertz CT molecular complexity index is 450. The molecule has 0 bridgehead atoms. The monoisotopic (exact) mass is 244 g/mol. The fraction of sp³-hybridized carbons (Fsp3) is 0.400. The molecule has 0 saturated carbocycles. The van der Waals surface area contributed by atoms with Crippen LogP contribution >= 0.6 is 0 Å². The Kier molecular flexibility index (Phi) is 3.70. The van der Waals surface area contributed by atoms with Gasteiger partial charge in [0.05, 0.1) is 0 Å². The summed E-state index contributed by atoms with van der Waals surface area (Å²) in [6.07, 6.45) is 2.88. The van der Waals surface area contributed by atoms with Crippen molar-refractivity contribution in [1.29, 1.82) is 0 Å². The summed E-state index contributed by atoms with van der Waals surface area (Å²) in [4.78, 5) is 16.5. The zero-order valence-electron chi connectivity index (χ0n) is 11.3. The molecule has 3 heteroatoms. The summed E-state index contributed by atoms with van der Waals surface area (Å²) in [6.45, 7) is 4.05. The van der Waals surface area contributed by atoms with E-state index in [0.717, 1.165) is 30.9 Å². The molecule has 0 aromatic heterocycles. The summed E-state index contributed by atoms with van der Waals surface area (Å²) in [7, 11) is 4.06. The molecule has 0 amide bonds. The maximum atomic E-state index is 12.2. The Labute approximate surface area is 109 Å². The normalized spacial score (nSPS) is 15.8. The second-order valence-electron chi connectivity index (χ2n) is 4.93. The van der Waals surface area contributed by atoms with E-state index >= 15 is 0 Å². The lowest BCUT2D eigenvalue weighted by Gasteiger charge is -2.36. The summed E-state index contributed by atoms with van der Waals surface area (Å²) in [5.41, 5.74) is 1.92. The van der Waals surface area contributed by atoms with Crippen molar-refractivity contribution in [3.8, 4) is 0 Å². The van der Waals surface area contributed by atoms with Crippen LogP contribution in [0, 0.1) is 6.92 Å². The highest BCUT2D eigenvalue weighted by Crippen LogP contribution is 2.15. The Morgan fingerprint density at radius 3 is 2.22 bits per heavy atom. The minimum absolute atomic E-state index is 0.0746. The number of ketones is 1.